The van der Waals surface area contributed by atoms with Crippen LogP contribution in [0.4, 0.5) is 23.3 Å². The second kappa shape index (κ2) is 13.5. The molecule has 7 nitrogen and oxygen atoms in total. The summed E-state index contributed by atoms with van der Waals surface area (Å²) >= 11 is 5.87. The molecule has 2 N–H and O–H groups in total. The van der Waals surface area contributed by atoms with E-state index >= 15 is 0 Å². The number of hydrogen-bond acceptors (Lipinski definition) is 6. The van der Waals surface area contributed by atoms with Gasteiger partial charge in [-0.05, 0) is 61.0 Å². The van der Waals surface area contributed by atoms with E-state index in [9.17, 15) is 0 Å². The molecule has 2 saturated heterocycles. The largest absolute Gasteiger partial charge is 0.368 e. The maximum atomic E-state index is 5.87. The van der Waals surface area contributed by atoms with Crippen molar-refractivity contribution in [3.63, 3.8) is 0 Å². The van der Waals surface area contributed by atoms with Crippen LogP contribution in [-0.4, -0.2) is 60.9 Å². The first kappa shape index (κ1) is 29.7. The van der Waals surface area contributed by atoms with Gasteiger partial charge in [-0.25, -0.2) is 0 Å². The molecule has 6 rings (SSSR count). The Hall–Kier alpha value is -3.39. The second-order valence-electron chi connectivity index (χ2n) is 13.1. The normalized spacial score (nSPS) is 22.2. The number of anilines is 4. The number of piperidine rings is 1. The van der Waals surface area contributed by atoms with Gasteiger partial charge in [0.1, 0.15) is 11.6 Å². The molecule has 2 atom stereocenters. The van der Waals surface area contributed by atoms with Crippen molar-refractivity contribution in [1.29, 1.82) is 0 Å². The third kappa shape index (κ3) is 7.23. The van der Waals surface area contributed by atoms with E-state index in [-0.39, 0.29) is 5.41 Å². The highest BCUT2D eigenvalue weighted by molar-refractivity contribution is 7.80. The Labute approximate surface area is 263 Å². The molecule has 1 saturated carbocycles. The van der Waals surface area contributed by atoms with Crippen molar-refractivity contribution in [3.8, 4) is 0 Å². The summed E-state index contributed by atoms with van der Waals surface area (Å²) < 4.78 is 0. The molecule has 43 heavy (non-hydrogen) atoms. The molecule has 0 bridgehead atoms. The predicted octanol–water partition coefficient (Wildman–Crippen LogP) is 6.47. The van der Waals surface area contributed by atoms with Gasteiger partial charge in [0.05, 0.1) is 0 Å². The van der Waals surface area contributed by atoms with E-state index in [1.165, 1.54) is 49.8 Å². The van der Waals surface area contributed by atoms with Crippen molar-refractivity contribution >= 4 is 40.6 Å². The summed E-state index contributed by atoms with van der Waals surface area (Å²) in [7, 11) is 0. The third-order valence-corrected chi connectivity index (χ3v) is 9.87. The summed E-state index contributed by atoms with van der Waals surface area (Å²) in [5.74, 6) is 3.83. The zero-order valence-corrected chi connectivity index (χ0v) is 26.7. The van der Waals surface area contributed by atoms with Gasteiger partial charge in [-0.15, -0.1) is 0 Å². The number of nitrogens with zero attached hydrogens (tertiary/aromatic N) is 5. The number of rotatable bonds is 7. The van der Waals surface area contributed by atoms with Gasteiger partial charge >= 0.3 is 0 Å². The third-order valence-electron chi connectivity index (χ3n) is 9.63. The Bertz CT molecular complexity index is 1330. The number of hydrogen-bond donors (Lipinski definition) is 2. The van der Waals surface area contributed by atoms with Crippen molar-refractivity contribution in [2.24, 2.45) is 11.8 Å². The van der Waals surface area contributed by atoms with Crippen LogP contribution in [0.15, 0.2) is 66.7 Å². The molecule has 1 aromatic heterocycles. The lowest BCUT2D eigenvalue weighted by Gasteiger charge is -2.39. The molecule has 0 amide bonds. The summed E-state index contributed by atoms with van der Waals surface area (Å²) in [6.07, 6.45) is 7.46. The molecule has 2 aliphatic heterocycles. The van der Waals surface area contributed by atoms with E-state index < -0.39 is 0 Å². The maximum absolute atomic E-state index is 5.87. The lowest BCUT2D eigenvalue weighted by atomic mass is 9.69. The van der Waals surface area contributed by atoms with Crippen LogP contribution in [0.25, 0.3) is 0 Å². The van der Waals surface area contributed by atoms with E-state index in [0.29, 0.717) is 22.9 Å². The molecule has 8 heteroatoms. The van der Waals surface area contributed by atoms with Gasteiger partial charge < -0.3 is 25.3 Å². The number of benzene rings is 2. The van der Waals surface area contributed by atoms with Crippen LogP contribution in [0, 0.1) is 11.8 Å². The van der Waals surface area contributed by atoms with Gasteiger partial charge in [-0.1, -0.05) is 81.6 Å². The second-order valence-corrected chi connectivity index (χ2v) is 13.5. The van der Waals surface area contributed by atoms with Crippen LogP contribution >= 0.6 is 12.2 Å². The lowest BCUT2D eigenvalue weighted by molar-refractivity contribution is 0.292. The summed E-state index contributed by atoms with van der Waals surface area (Å²) in [5, 5.41) is 7.58. The van der Waals surface area contributed by atoms with Crippen LogP contribution in [0.3, 0.4) is 0 Å². The Balaban J connectivity index is 1.19. The SMILES string of the molecule is C[C@@H]1C[C@H](C)CN(c2cc(N3CCN(c4ccccc4)CC3)nc(NC(=S)NCC3(c4ccccc4)CCCCC3)n2)C1. The summed E-state index contributed by atoms with van der Waals surface area (Å²) in [6, 6.07) is 23.9. The van der Waals surface area contributed by atoms with E-state index in [0.717, 1.165) is 57.4 Å². The summed E-state index contributed by atoms with van der Waals surface area (Å²) in [5.41, 5.74) is 2.80. The molecule has 0 unspecified atom stereocenters. The molecule has 0 radical (unpaired) electrons. The molecular formula is C35H47N7S. The van der Waals surface area contributed by atoms with Gasteiger partial charge in [-0.2, -0.15) is 9.97 Å². The van der Waals surface area contributed by atoms with Gasteiger partial charge in [0.15, 0.2) is 5.11 Å². The van der Waals surface area contributed by atoms with Gasteiger partial charge in [0.2, 0.25) is 5.95 Å². The number of para-hydroxylation sites is 1. The Kier molecular flexibility index (Phi) is 9.31. The highest BCUT2D eigenvalue weighted by atomic mass is 32.1. The molecule has 3 fully saturated rings. The first-order valence-electron chi connectivity index (χ1n) is 16.3. The molecule has 0 spiro atoms. The molecule has 1 aliphatic carbocycles. The predicted molar refractivity (Wildman–Crippen MR) is 183 cm³/mol. The van der Waals surface area contributed by atoms with Crippen molar-refractivity contribution in [3.05, 3.63) is 72.3 Å². The van der Waals surface area contributed by atoms with E-state index in [1.54, 1.807) is 0 Å². The van der Waals surface area contributed by atoms with Crippen molar-refractivity contribution < 1.29 is 0 Å². The fourth-order valence-corrected chi connectivity index (χ4v) is 7.63. The quantitative estimate of drug-likeness (QED) is 0.301. The number of piperazine rings is 1. The Morgan fingerprint density at radius 3 is 2.02 bits per heavy atom. The van der Waals surface area contributed by atoms with E-state index in [1.807, 2.05) is 0 Å². The fourth-order valence-electron chi connectivity index (χ4n) is 7.47. The lowest BCUT2D eigenvalue weighted by Crippen LogP contribution is -2.47. The fraction of sp³-hybridized carbons (Fsp3) is 0.514. The van der Waals surface area contributed by atoms with Crippen molar-refractivity contribution in [2.45, 2.75) is 57.8 Å². The van der Waals surface area contributed by atoms with Gasteiger partial charge in [0, 0.05) is 63.0 Å². The minimum Gasteiger partial charge on any atom is -0.368 e. The Morgan fingerprint density at radius 1 is 0.791 bits per heavy atom. The highest BCUT2D eigenvalue weighted by Crippen LogP contribution is 2.39. The molecule has 2 aromatic carbocycles. The zero-order valence-electron chi connectivity index (χ0n) is 25.8. The average Bonchev–Trinajstić information content (AvgIpc) is 3.04. The average molecular weight is 598 g/mol. The van der Waals surface area contributed by atoms with Crippen molar-refractivity contribution in [2.75, 3.05) is 65.8 Å². The zero-order chi connectivity index (χ0) is 29.6. The van der Waals surface area contributed by atoms with Crippen LogP contribution < -0.4 is 25.3 Å². The van der Waals surface area contributed by atoms with Crippen LogP contribution in [0.5, 0.6) is 0 Å². The smallest absolute Gasteiger partial charge is 0.232 e. The Morgan fingerprint density at radius 2 is 1.37 bits per heavy atom. The highest BCUT2D eigenvalue weighted by Gasteiger charge is 2.34. The minimum absolute atomic E-state index is 0.109. The molecule has 228 valence electrons. The molecular weight excluding hydrogens is 551 g/mol. The van der Waals surface area contributed by atoms with Crippen LogP contribution in [0.2, 0.25) is 0 Å². The van der Waals surface area contributed by atoms with Crippen LogP contribution in [0.1, 0.15) is 57.9 Å². The van der Waals surface area contributed by atoms with Crippen LogP contribution in [-0.2, 0) is 5.41 Å². The minimum atomic E-state index is 0.109. The van der Waals surface area contributed by atoms with Gasteiger partial charge in [-0.3, -0.25) is 0 Å². The topological polar surface area (TPSA) is 59.6 Å². The first-order chi connectivity index (χ1) is 21.0. The van der Waals surface area contributed by atoms with E-state index in [4.69, 9.17) is 22.2 Å². The molecule has 3 aromatic rings. The van der Waals surface area contributed by atoms with E-state index in [2.05, 4.69) is 106 Å². The number of nitrogens with one attached hydrogen (secondary N) is 2. The maximum Gasteiger partial charge on any atom is 0.232 e. The molecule has 3 heterocycles. The summed E-state index contributed by atoms with van der Waals surface area (Å²) in [6.45, 7) is 11.3. The number of thiocarbonyl (C=S) groups is 1. The van der Waals surface area contributed by atoms with Crippen molar-refractivity contribution in [1.82, 2.24) is 15.3 Å². The summed E-state index contributed by atoms with van der Waals surface area (Å²) in [4.78, 5) is 17.4. The van der Waals surface area contributed by atoms with Gasteiger partial charge in [0.25, 0.3) is 0 Å². The number of aromatic nitrogens is 2. The molecule has 3 aliphatic rings. The standard InChI is InChI=1S/C35H47N7S/c1-27-22-28(2)25-42(24-27)32-23-31(41-20-18-40(19-21-41)30-14-8-4-9-15-30)37-33(38-32)39-34(43)36-26-35(16-10-5-11-17-35)29-12-6-3-7-13-29/h3-4,6-9,12-15,23,27-28H,5,10-11,16-22,24-26H2,1-2H3,(H2,36,37,38,39,43)/t27-,28+. The first-order valence-corrected chi connectivity index (χ1v) is 16.7. The monoisotopic (exact) mass is 597 g/mol.